The molecule has 1 aromatic carbocycles. The van der Waals surface area contributed by atoms with E-state index in [1.54, 1.807) is 19.1 Å². The number of nitrogens with zero attached hydrogens (tertiary/aromatic N) is 2. The molecule has 1 heterocycles. The van der Waals surface area contributed by atoms with Gasteiger partial charge in [-0.05, 0) is 30.7 Å². The molecule has 0 fully saturated rings. The van der Waals surface area contributed by atoms with Gasteiger partial charge in [-0.15, -0.1) is 0 Å². The third kappa shape index (κ3) is 2.94. The predicted molar refractivity (Wildman–Crippen MR) is 73.2 cm³/mol. The summed E-state index contributed by atoms with van der Waals surface area (Å²) in [5, 5.41) is 20.2. The first-order valence-corrected chi connectivity index (χ1v) is 6.42. The monoisotopic (exact) mass is 290 g/mol. The van der Waals surface area contributed by atoms with Gasteiger partial charge in [0.15, 0.2) is 5.03 Å². The van der Waals surface area contributed by atoms with Gasteiger partial charge < -0.3 is 5.11 Å². The Morgan fingerprint density at radius 2 is 2.15 bits per heavy atom. The van der Waals surface area contributed by atoms with Crippen molar-refractivity contribution in [3.05, 3.63) is 57.8 Å². The zero-order valence-electron chi connectivity index (χ0n) is 10.4. The molecular weight excluding hydrogens is 280 g/mol. The van der Waals surface area contributed by atoms with E-state index in [-0.39, 0.29) is 16.3 Å². The summed E-state index contributed by atoms with van der Waals surface area (Å²) in [6.45, 7) is 1.70. The summed E-state index contributed by atoms with van der Waals surface area (Å²) in [5.74, 6) is -1.03. The highest BCUT2D eigenvalue weighted by atomic mass is 32.2. The van der Waals surface area contributed by atoms with Crippen LogP contribution in [0.5, 0.6) is 0 Å². The van der Waals surface area contributed by atoms with Crippen LogP contribution in [-0.4, -0.2) is 21.0 Å². The van der Waals surface area contributed by atoms with Crippen LogP contribution in [0.25, 0.3) is 0 Å². The van der Waals surface area contributed by atoms with Crippen molar-refractivity contribution in [2.45, 2.75) is 16.8 Å². The lowest BCUT2D eigenvalue weighted by Gasteiger charge is -2.05. The van der Waals surface area contributed by atoms with Crippen LogP contribution in [0.1, 0.15) is 15.9 Å². The summed E-state index contributed by atoms with van der Waals surface area (Å²) in [5.41, 5.74) is 0.709. The molecule has 102 valence electrons. The van der Waals surface area contributed by atoms with Crippen molar-refractivity contribution in [2.75, 3.05) is 0 Å². The second-order valence-electron chi connectivity index (χ2n) is 3.97. The van der Waals surface area contributed by atoms with E-state index in [0.717, 1.165) is 11.8 Å². The van der Waals surface area contributed by atoms with Crippen LogP contribution >= 0.6 is 11.8 Å². The van der Waals surface area contributed by atoms with E-state index in [4.69, 9.17) is 5.11 Å². The number of pyridine rings is 1. The maximum atomic E-state index is 11.1. The fourth-order valence-corrected chi connectivity index (χ4v) is 2.50. The van der Waals surface area contributed by atoms with Crippen LogP contribution in [0.3, 0.4) is 0 Å². The van der Waals surface area contributed by atoms with E-state index in [1.807, 2.05) is 0 Å². The van der Waals surface area contributed by atoms with Crippen molar-refractivity contribution >= 4 is 23.4 Å². The summed E-state index contributed by atoms with van der Waals surface area (Å²) < 4.78 is 0. The molecule has 1 aromatic heterocycles. The maximum Gasteiger partial charge on any atom is 0.335 e. The minimum Gasteiger partial charge on any atom is -0.478 e. The number of benzene rings is 1. The number of hydrogen-bond acceptors (Lipinski definition) is 5. The fourth-order valence-electron chi connectivity index (χ4n) is 1.61. The molecular formula is C13H10N2O4S. The molecule has 0 unspecified atom stereocenters. The summed E-state index contributed by atoms with van der Waals surface area (Å²) in [4.78, 5) is 26.0. The highest BCUT2D eigenvalue weighted by Crippen LogP contribution is 2.33. The Labute approximate surface area is 118 Å². The van der Waals surface area contributed by atoms with Gasteiger partial charge in [0.25, 0.3) is 0 Å². The van der Waals surface area contributed by atoms with Crippen LogP contribution in [0.2, 0.25) is 0 Å². The van der Waals surface area contributed by atoms with Gasteiger partial charge in [-0.3, -0.25) is 10.1 Å². The molecule has 6 nitrogen and oxygen atoms in total. The van der Waals surface area contributed by atoms with Gasteiger partial charge in [0, 0.05) is 17.2 Å². The van der Waals surface area contributed by atoms with Crippen LogP contribution in [0.4, 0.5) is 5.69 Å². The Balaban J connectivity index is 2.38. The lowest BCUT2D eigenvalue weighted by Crippen LogP contribution is -1.99. The van der Waals surface area contributed by atoms with Crippen molar-refractivity contribution in [3.8, 4) is 0 Å². The quantitative estimate of drug-likeness (QED) is 0.686. The highest BCUT2D eigenvalue weighted by Gasteiger charge is 2.16. The van der Waals surface area contributed by atoms with E-state index in [1.165, 1.54) is 24.4 Å². The number of nitro groups is 1. The first-order chi connectivity index (χ1) is 9.49. The van der Waals surface area contributed by atoms with Crippen LogP contribution in [0.15, 0.2) is 46.5 Å². The Morgan fingerprint density at radius 1 is 1.40 bits per heavy atom. The molecule has 7 heteroatoms. The first kappa shape index (κ1) is 14.0. The molecule has 0 bridgehead atoms. The number of rotatable bonds is 4. The van der Waals surface area contributed by atoms with E-state index >= 15 is 0 Å². The zero-order chi connectivity index (χ0) is 14.7. The van der Waals surface area contributed by atoms with Gasteiger partial charge in [0.1, 0.15) is 0 Å². The smallest absolute Gasteiger partial charge is 0.335 e. The van der Waals surface area contributed by atoms with Gasteiger partial charge in [-0.25, -0.2) is 9.78 Å². The SMILES string of the molecule is Cc1ccc(Sc2ncccc2[N+](=O)[O-])cc1C(=O)O. The molecule has 0 saturated heterocycles. The summed E-state index contributed by atoms with van der Waals surface area (Å²) >= 11 is 1.07. The molecule has 0 aliphatic rings. The van der Waals surface area contributed by atoms with E-state index in [9.17, 15) is 14.9 Å². The number of carbonyl (C=O) groups is 1. The molecule has 0 atom stereocenters. The van der Waals surface area contributed by atoms with Crippen LogP contribution < -0.4 is 0 Å². The molecule has 20 heavy (non-hydrogen) atoms. The van der Waals surface area contributed by atoms with Gasteiger partial charge in [-0.1, -0.05) is 17.8 Å². The molecule has 2 aromatic rings. The Morgan fingerprint density at radius 3 is 2.80 bits per heavy atom. The largest absolute Gasteiger partial charge is 0.478 e. The number of hydrogen-bond donors (Lipinski definition) is 1. The maximum absolute atomic E-state index is 11.1. The minimum absolute atomic E-state index is 0.102. The van der Waals surface area contributed by atoms with Crippen molar-refractivity contribution in [3.63, 3.8) is 0 Å². The third-order valence-electron chi connectivity index (χ3n) is 2.60. The standard InChI is InChI=1S/C13H10N2O4S/c1-8-4-5-9(7-10(8)13(16)17)20-12-11(15(18)19)3-2-6-14-12/h2-7H,1H3,(H,16,17). The zero-order valence-corrected chi connectivity index (χ0v) is 11.3. The van der Waals surface area contributed by atoms with Crippen molar-refractivity contribution in [1.82, 2.24) is 4.98 Å². The number of aryl methyl sites for hydroxylation is 1. The normalized spacial score (nSPS) is 10.2. The predicted octanol–water partition coefficient (Wildman–Crippen LogP) is 3.15. The molecule has 0 aliphatic carbocycles. The van der Waals surface area contributed by atoms with Crippen molar-refractivity contribution in [2.24, 2.45) is 0 Å². The molecule has 0 radical (unpaired) electrons. The molecule has 0 amide bonds. The Kier molecular flexibility index (Phi) is 3.99. The summed E-state index contributed by atoms with van der Waals surface area (Å²) in [6.07, 6.45) is 1.46. The van der Waals surface area contributed by atoms with E-state index < -0.39 is 10.9 Å². The lowest BCUT2D eigenvalue weighted by molar-refractivity contribution is -0.388. The van der Waals surface area contributed by atoms with Gasteiger partial charge >= 0.3 is 11.7 Å². The van der Waals surface area contributed by atoms with E-state index in [0.29, 0.717) is 10.5 Å². The Hall–Kier alpha value is -2.41. The van der Waals surface area contributed by atoms with Gasteiger partial charge in [0.05, 0.1) is 10.5 Å². The minimum atomic E-state index is -1.03. The molecule has 0 saturated carbocycles. The van der Waals surface area contributed by atoms with Crippen LogP contribution in [0, 0.1) is 17.0 Å². The third-order valence-corrected chi connectivity index (χ3v) is 3.60. The summed E-state index contributed by atoms with van der Waals surface area (Å²) in [6, 6.07) is 7.72. The number of aromatic nitrogens is 1. The van der Waals surface area contributed by atoms with Gasteiger partial charge in [-0.2, -0.15) is 0 Å². The van der Waals surface area contributed by atoms with E-state index in [2.05, 4.69) is 4.98 Å². The molecule has 0 spiro atoms. The highest BCUT2D eigenvalue weighted by molar-refractivity contribution is 7.99. The summed E-state index contributed by atoms with van der Waals surface area (Å²) in [7, 11) is 0. The first-order valence-electron chi connectivity index (χ1n) is 5.60. The number of carboxylic acids is 1. The topological polar surface area (TPSA) is 93.3 Å². The number of carboxylic acid groups (broad SMARTS) is 1. The Bertz CT molecular complexity index is 688. The number of aromatic carboxylic acids is 1. The molecule has 1 N–H and O–H groups in total. The van der Waals surface area contributed by atoms with Crippen molar-refractivity contribution in [1.29, 1.82) is 0 Å². The van der Waals surface area contributed by atoms with Crippen molar-refractivity contribution < 1.29 is 14.8 Å². The average Bonchev–Trinajstić information content (AvgIpc) is 2.41. The lowest BCUT2D eigenvalue weighted by atomic mass is 10.1. The van der Waals surface area contributed by atoms with Crippen LogP contribution in [-0.2, 0) is 0 Å². The second-order valence-corrected chi connectivity index (χ2v) is 5.03. The molecule has 2 rings (SSSR count). The van der Waals surface area contributed by atoms with Gasteiger partial charge in [0.2, 0.25) is 0 Å². The fraction of sp³-hybridized carbons (Fsp3) is 0.0769. The molecule has 0 aliphatic heterocycles. The second kappa shape index (κ2) is 5.70. The average molecular weight is 290 g/mol.